The molecule has 8 nitrogen and oxygen atoms in total. The van der Waals surface area contributed by atoms with Crippen LogP contribution in [-0.4, -0.2) is 62.1 Å². The molecule has 0 radical (unpaired) electrons. The lowest BCUT2D eigenvalue weighted by Gasteiger charge is -2.30. The summed E-state index contributed by atoms with van der Waals surface area (Å²) < 4.78 is 0. The minimum atomic E-state index is -1.07. The molecule has 0 heterocycles. The van der Waals surface area contributed by atoms with E-state index >= 15 is 0 Å². The number of nitrogens with zero attached hydrogens (tertiary/aromatic N) is 1. The highest BCUT2D eigenvalue weighted by molar-refractivity contribution is 5.69. The molecule has 0 bridgehead atoms. The third-order valence-corrected chi connectivity index (χ3v) is 5.05. The van der Waals surface area contributed by atoms with Crippen LogP contribution in [0.2, 0.25) is 0 Å². The lowest BCUT2D eigenvalue weighted by atomic mass is 9.84. The fraction of sp³-hybridized carbons (Fsp3) is 0.364. The Morgan fingerprint density at radius 2 is 1.40 bits per heavy atom. The molecule has 2 aromatic carbocycles. The first-order chi connectivity index (χ1) is 14.3. The molecule has 0 spiro atoms. The maximum absolute atomic E-state index is 11.4. The molecule has 2 unspecified atom stereocenters. The number of carbonyl (C=O) groups is 2. The van der Waals surface area contributed by atoms with E-state index in [2.05, 4.69) is 0 Å². The summed E-state index contributed by atoms with van der Waals surface area (Å²) in [5, 5.41) is 48.7. The van der Waals surface area contributed by atoms with E-state index in [0.29, 0.717) is 11.1 Å². The summed E-state index contributed by atoms with van der Waals surface area (Å²) in [5.74, 6) is -3.12. The van der Waals surface area contributed by atoms with Gasteiger partial charge in [0.1, 0.15) is 11.5 Å². The van der Waals surface area contributed by atoms with Crippen molar-refractivity contribution < 1.29 is 35.1 Å². The van der Waals surface area contributed by atoms with E-state index in [4.69, 9.17) is 0 Å². The fourth-order valence-electron chi connectivity index (χ4n) is 3.54. The van der Waals surface area contributed by atoms with E-state index in [1.54, 1.807) is 41.3 Å². The van der Waals surface area contributed by atoms with Crippen LogP contribution in [0, 0.1) is 11.8 Å². The molecule has 0 amide bonds. The lowest BCUT2D eigenvalue weighted by Crippen LogP contribution is -2.38. The first kappa shape index (κ1) is 23.2. The van der Waals surface area contributed by atoms with Gasteiger partial charge in [-0.15, -0.1) is 0 Å². The number of hydrogen-bond acceptors (Lipinski definition) is 6. The smallest absolute Gasteiger partial charge is 0.317 e. The number of rotatable bonds is 12. The van der Waals surface area contributed by atoms with Gasteiger partial charge in [0.2, 0.25) is 0 Å². The van der Waals surface area contributed by atoms with Crippen molar-refractivity contribution in [3.63, 3.8) is 0 Å². The Kier molecular flexibility index (Phi) is 8.64. The van der Waals surface area contributed by atoms with Crippen LogP contribution in [0.4, 0.5) is 0 Å². The topological polar surface area (TPSA) is 139 Å². The van der Waals surface area contributed by atoms with Crippen molar-refractivity contribution >= 4 is 11.9 Å². The lowest BCUT2D eigenvalue weighted by molar-refractivity contribution is -0.140. The van der Waals surface area contributed by atoms with Crippen LogP contribution in [0.1, 0.15) is 17.5 Å². The zero-order valence-electron chi connectivity index (χ0n) is 16.5. The highest BCUT2D eigenvalue weighted by Gasteiger charge is 2.28. The Bertz CT molecular complexity index is 855. The Balaban J connectivity index is 2.23. The van der Waals surface area contributed by atoms with Gasteiger partial charge in [-0.05, 0) is 36.0 Å². The van der Waals surface area contributed by atoms with Crippen LogP contribution in [-0.2, 0) is 22.6 Å². The molecule has 2 aromatic rings. The van der Waals surface area contributed by atoms with E-state index in [9.17, 15) is 35.1 Å². The molecule has 8 heteroatoms. The second-order valence-corrected chi connectivity index (χ2v) is 7.33. The van der Waals surface area contributed by atoms with Gasteiger partial charge >= 0.3 is 11.9 Å². The Morgan fingerprint density at radius 1 is 0.833 bits per heavy atom. The van der Waals surface area contributed by atoms with Gasteiger partial charge < -0.3 is 25.5 Å². The normalized spacial score (nSPS) is 13.1. The first-order valence-corrected chi connectivity index (χ1v) is 9.60. The van der Waals surface area contributed by atoms with E-state index in [0.717, 1.165) is 0 Å². The van der Waals surface area contributed by atoms with Gasteiger partial charge in [0.05, 0.1) is 6.54 Å². The van der Waals surface area contributed by atoms with Crippen molar-refractivity contribution in [2.24, 2.45) is 11.8 Å². The van der Waals surface area contributed by atoms with E-state index < -0.39 is 23.8 Å². The van der Waals surface area contributed by atoms with Gasteiger partial charge in [-0.2, -0.15) is 0 Å². The highest BCUT2D eigenvalue weighted by atomic mass is 16.4. The molecule has 5 N–H and O–H groups in total. The first-order valence-electron chi connectivity index (χ1n) is 9.60. The maximum Gasteiger partial charge on any atom is 0.317 e. The number of benzene rings is 2. The summed E-state index contributed by atoms with van der Waals surface area (Å²) >= 11 is 0. The summed E-state index contributed by atoms with van der Waals surface area (Å²) in [6.07, 6.45) is -0.0151. The number of carboxylic acid groups (broad SMARTS) is 2. The molecule has 162 valence electrons. The molecule has 0 saturated carbocycles. The second-order valence-electron chi connectivity index (χ2n) is 7.33. The van der Waals surface area contributed by atoms with Crippen molar-refractivity contribution in [2.45, 2.75) is 19.4 Å². The molecular weight excluding hydrogens is 390 g/mol. The van der Waals surface area contributed by atoms with Gasteiger partial charge in [0.15, 0.2) is 0 Å². The summed E-state index contributed by atoms with van der Waals surface area (Å²) in [5.41, 5.74) is 1.10. The largest absolute Gasteiger partial charge is 0.508 e. The van der Waals surface area contributed by atoms with Crippen LogP contribution in [0.3, 0.4) is 0 Å². The number of carboxylic acids is 2. The van der Waals surface area contributed by atoms with Gasteiger partial charge in [0, 0.05) is 31.7 Å². The number of para-hydroxylation sites is 2. The van der Waals surface area contributed by atoms with Crippen molar-refractivity contribution in [3.05, 3.63) is 59.7 Å². The molecular formula is C22H27NO7. The third-order valence-electron chi connectivity index (χ3n) is 5.05. The molecule has 0 aliphatic carbocycles. The minimum absolute atomic E-state index is 0.0322. The summed E-state index contributed by atoms with van der Waals surface area (Å²) in [6.45, 7) is -0.432. The number of aliphatic carboxylic acids is 2. The van der Waals surface area contributed by atoms with Crippen molar-refractivity contribution in [3.8, 4) is 11.5 Å². The summed E-state index contributed by atoms with van der Waals surface area (Å²) in [6, 6.07) is 13.2. The molecule has 0 aliphatic rings. The van der Waals surface area contributed by atoms with E-state index in [1.165, 1.54) is 12.1 Å². The highest BCUT2D eigenvalue weighted by Crippen LogP contribution is 2.28. The number of aliphatic hydroxyl groups is 1. The Hall–Kier alpha value is -3.10. The van der Waals surface area contributed by atoms with Gasteiger partial charge in [-0.1, -0.05) is 36.4 Å². The number of hydrogen-bond donors (Lipinski definition) is 5. The number of phenolic OH excluding ortho intramolecular Hbond substituents is 2. The van der Waals surface area contributed by atoms with Crippen LogP contribution in [0.15, 0.2) is 48.5 Å². The number of aliphatic hydroxyl groups excluding tert-OH is 1. The minimum Gasteiger partial charge on any atom is -0.508 e. The fourth-order valence-corrected chi connectivity index (χ4v) is 3.54. The van der Waals surface area contributed by atoms with Crippen LogP contribution in [0.25, 0.3) is 0 Å². The van der Waals surface area contributed by atoms with Crippen molar-refractivity contribution in [1.29, 1.82) is 0 Å². The van der Waals surface area contributed by atoms with Gasteiger partial charge in [-0.3, -0.25) is 14.5 Å². The monoisotopic (exact) mass is 417 g/mol. The Morgan fingerprint density at radius 3 is 1.90 bits per heavy atom. The number of aromatic hydroxyl groups is 2. The molecule has 0 aliphatic heterocycles. The third kappa shape index (κ3) is 7.06. The van der Waals surface area contributed by atoms with E-state index in [1.807, 2.05) is 0 Å². The van der Waals surface area contributed by atoms with Gasteiger partial charge in [-0.25, -0.2) is 0 Å². The van der Waals surface area contributed by atoms with Gasteiger partial charge in [0.25, 0.3) is 0 Å². The zero-order valence-corrected chi connectivity index (χ0v) is 16.5. The quantitative estimate of drug-likeness (QED) is 0.353. The van der Waals surface area contributed by atoms with Crippen molar-refractivity contribution in [2.75, 3.05) is 19.7 Å². The predicted octanol–water partition coefficient (Wildman–Crippen LogP) is 1.93. The maximum atomic E-state index is 11.4. The van der Waals surface area contributed by atoms with Crippen molar-refractivity contribution in [1.82, 2.24) is 4.90 Å². The van der Waals surface area contributed by atoms with Crippen LogP contribution < -0.4 is 0 Å². The van der Waals surface area contributed by atoms with Crippen LogP contribution in [0.5, 0.6) is 11.5 Å². The average molecular weight is 417 g/mol. The molecule has 0 fully saturated rings. The molecule has 0 aromatic heterocycles. The summed E-state index contributed by atoms with van der Waals surface area (Å²) in [7, 11) is 0. The predicted molar refractivity (Wildman–Crippen MR) is 109 cm³/mol. The second kappa shape index (κ2) is 11.2. The summed E-state index contributed by atoms with van der Waals surface area (Å²) in [4.78, 5) is 24.3. The molecule has 2 atom stereocenters. The molecule has 30 heavy (non-hydrogen) atoms. The SMILES string of the molecule is O=C(O)CC(Cc1ccccc1O)C(CO)CN(CC(=O)O)Cc1ccccc1O. The molecule has 0 saturated heterocycles. The zero-order chi connectivity index (χ0) is 22.1. The van der Waals surface area contributed by atoms with E-state index in [-0.39, 0.29) is 50.6 Å². The Labute approximate surface area is 174 Å². The number of phenols is 2. The average Bonchev–Trinajstić information content (AvgIpc) is 2.68. The standard InChI is InChI=1S/C22H27NO7/c24-14-18(17(10-21(27)28)9-15-5-1-3-7-19(15)25)12-23(13-22(29)30)11-16-6-2-4-8-20(16)26/h1-8,17-18,24-26H,9-14H2,(H,27,28)(H,29,30). The molecule has 2 rings (SSSR count). The van der Waals surface area contributed by atoms with Crippen LogP contribution >= 0.6 is 0 Å².